The Labute approximate surface area is 160 Å². The molecule has 2 aromatic rings. The normalized spacial score (nSPS) is 16.3. The van der Waals surface area contributed by atoms with Crippen molar-refractivity contribution in [3.05, 3.63) is 54.1 Å². The van der Waals surface area contributed by atoms with Gasteiger partial charge in [-0.3, -0.25) is 9.59 Å². The van der Waals surface area contributed by atoms with Crippen LogP contribution in [0.25, 0.3) is 0 Å². The number of hydrogen-bond donors (Lipinski definition) is 2. The lowest BCUT2D eigenvalue weighted by Gasteiger charge is -2.17. The van der Waals surface area contributed by atoms with Crippen LogP contribution in [0.1, 0.15) is 25.3 Å². The van der Waals surface area contributed by atoms with E-state index in [1.165, 1.54) is 5.56 Å². The van der Waals surface area contributed by atoms with E-state index in [9.17, 15) is 9.59 Å². The minimum absolute atomic E-state index is 0. The van der Waals surface area contributed by atoms with E-state index in [4.69, 9.17) is 5.73 Å². The molecule has 3 N–H and O–H groups in total. The van der Waals surface area contributed by atoms with Crippen LogP contribution in [0.4, 0.5) is 17.1 Å². The third-order valence-corrected chi connectivity index (χ3v) is 4.50. The van der Waals surface area contributed by atoms with Gasteiger partial charge in [0, 0.05) is 18.7 Å². The summed E-state index contributed by atoms with van der Waals surface area (Å²) < 4.78 is 0. The van der Waals surface area contributed by atoms with Crippen molar-refractivity contribution < 1.29 is 9.59 Å². The van der Waals surface area contributed by atoms with Gasteiger partial charge in [-0.05, 0) is 36.2 Å². The number of rotatable bonds is 5. The third-order valence-electron chi connectivity index (χ3n) is 4.50. The van der Waals surface area contributed by atoms with E-state index in [-0.39, 0.29) is 36.6 Å². The van der Waals surface area contributed by atoms with Crippen molar-refractivity contribution in [2.24, 2.45) is 5.92 Å². The van der Waals surface area contributed by atoms with Gasteiger partial charge in [-0.2, -0.15) is 0 Å². The Bertz CT molecular complexity index is 777. The molecule has 0 aromatic heterocycles. The summed E-state index contributed by atoms with van der Waals surface area (Å²) in [4.78, 5) is 26.5. The predicted octanol–water partition coefficient (Wildman–Crippen LogP) is 3.63. The number of para-hydroxylation sites is 2. The fourth-order valence-electron chi connectivity index (χ4n) is 3.11. The predicted molar refractivity (Wildman–Crippen MR) is 108 cm³/mol. The minimum Gasteiger partial charge on any atom is -0.397 e. The Morgan fingerprint density at radius 2 is 1.88 bits per heavy atom. The molecule has 0 spiro atoms. The second kappa shape index (κ2) is 8.72. The van der Waals surface area contributed by atoms with E-state index in [0.29, 0.717) is 17.9 Å². The molecule has 26 heavy (non-hydrogen) atoms. The maximum atomic E-state index is 12.5. The lowest BCUT2D eigenvalue weighted by atomic mass is 10.1. The van der Waals surface area contributed by atoms with Crippen molar-refractivity contribution in [3.63, 3.8) is 0 Å². The number of anilines is 3. The molecule has 1 aliphatic rings. The van der Waals surface area contributed by atoms with E-state index in [1.807, 2.05) is 36.4 Å². The van der Waals surface area contributed by atoms with Gasteiger partial charge in [0.25, 0.3) is 0 Å². The molecule has 2 aromatic carbocycles. The standard InChI is InChI=1S/C20H23N3O2.ClH/c1-2-5-14-8-10-16(11-9-14)23-13-15(12-19(23)24)20(25)22-18-7-4-3-6-17(18)21;/h3-4,6-11,15H,2,5,12-13,21H2,1H3,(H,22,25);1H. The number of nitrogens with one attached hydrogen (secondary N) is 1. The molecule has 1 saturated heterocycles. The first-order chi connectivity index (χ1) is 12.1. The summed E-state index contributed by atoms with van der Waals surface area (Å²) in [6.45, 7) is 2.53. The number of benzene rings is 2. The van der Waals surface area contributed by atoms with Crippen molar-refractivity contribution in [3.8, 4) is 0 Å². The largest absolute Gasteiger partial charge is 0.397 e. The molecule has 2 amide bonds. The molecule has 0 saturated carbocycles. The minimum atomic E-state index is -0.373. The molecule has 6 heteroatoms. The quantitative estimate of drug-likeness (QED) is 0.786. The molecule has 0 radical (unpaired) electrons. The Hall–Kier alpha value is -2.53. The molecule has 1 atom stereocenters. The van der Waals surface area contributed by atoms with Crippen LogP contribution in [0.2, 0.25) is 0 Å². The van der Waals surface area contributed by atoms with Crippen molar-refractivity contribution in [2.45, 2.75) is 26.2 Å². The van der Waals surface area contributed by atoms with Gasteiger partial charge in [0.2, 0.25) is 11.8 Å². The number of amides is 2. The molecule has 1 unspecified atom stereocenters. The first kappa shape index (κ1) is 19.8. The Morgan fingerprint density at radius 3 is 2.54 bits per heavy atom. The van der Waals surface area contributed by atoms with Gasteiger partial charge in [0.05, 0.1) is 17.3 Å². The van der Waals surface area contributed by atoms with Crippen LogP contribution in [0.3, 0.4) is 0 Å². The summed E-state index contributed by atoms with van der Waals surface area (Å²) in [7, 11) is 0. The molecule has 5 nitrogen and oxygen atoms in total. The number of nitrogen functional groups attached to an aromatic ring is 1. The van der Waals surface area contributed by atoms with Gasteiger partial charge in [-0.25, -0.2) is 0 Å². The molecule has 1 heterocycles. The zero-order chi connectivity index (χ0) is 17.8. The fraction of sp³-hybridized carbons (Fsp3) is 0.300. The summed E-state index contributed by atoms with van der Waals surface area (Å²) in [5, 5.41) is 2.83. The Kier molecular flexibility index (Phi) is 6.64. The van der Waals surface area contributed by atoms with Crippen LogP contribution < -0.4 is 16.0 Å². The van der Waals surface area contributed by atoms with Crippen LogP contribution in [0.5, 0.6) is 0 Å². The maximum absolute atomic E-state index is 12.5. The summed E-state index contributed by atoms with van der Waals surface area (Å²) in [5.74, 6) is -0.566. The molecular weight excluding hydrogens is 350 g/mol. The summed E-state index contributed by atoms with van der Waals surface area (Å²) in [6, 6.07) is 15.1. The number of carbonyl (C=O) groups excluding carboxylic acids is 2. The monoisotopic (exact) mass is 373 g/mol. The van der Waals surface area contributed by atoms with Gasteiger partial charge in [0.15, 0.2) is 0 Å². The maximum Gasteiger partial charge on any atom is 0.229 e. The van der Waals surface area contributed by atoms with Gasteiger partial charge in [0.1, 0.15) is 0 Å². The Balaban J connectivity index is 0.00000243. The second-order valence-electron chi connectivity index (χ2n) is 6.40. The SMILES string of the molecule is CCCc1ccc(N2CC(C(=O)Nc3ccccc3N)CC2=O)cc1.Cl. The fourth-order valence-corrected chi connectivity index (χ4v) is 3.11. The lowest BCUT2D eigenvalue weighted by Crippen LogP contribution is -2.28. The Morgan fingerprint density at radius 1 is 1.19 bits per heavy atom. The number of halogens is 1. The highest BCUT2D eigenvalue weighted by molar-refractivity contribution is 6.04. The zero-order valence-electron chi connectivity index (χ0n) is 14.8. The van der Waals surface area contributed by atoms with E-state index < -0.39 is 0 Å². The van der Waals surface area contributed by atoms with E-state index >= 15 is 0 Å². The summed E-state index contributed by atoms with van der Waals surface area (Å²) in [6.07, 6.45) is 2.33. The van der Waals surface area contributed by atoms with Crippen molar-refractivity contribution >= 4 is 41.3 Å². The number of aryl methyl sites for hydroxylation is 1. The van der Waals surface area contributed by atoms with Crippen molar-refractivity contribution in [1.82, 2.24) is 0 Å². The average molecular weight is 374 g/mol. The molecule has 138 valence electrons. The molecule has 1 aliphatic heterocycles. The number of carbonyl (C=O) groups is 2. The lowest BCUT2D eigenvalue weighted by molar-refractivity contribution is -0.122. The van der Waals surface area contributed by atoms with Crippen LogP contribution in [0.15, 0.2) is 48.5 Å². The third kappa shape index (κ3) is 4.35. The van der Waals surface area contributed by atoms with E-state index in [1.54, 1.807) is 17.0 Å². The van der Waals surface area contributed by atoms with Gasteiger partial charge >= 0.3 is 0 Å². The highest BCUT2D eigenvalue weighted by Crippen LogP contribution is 2.27. The van der Waals surface area contributed by atoms with Crippen LogP contribution in [-0.4, -0.2) is 18.4 Å². The average Bonchev–Trinajstić information content (AvgIpc) is 3.00. The summed E-state index contributed by atoms with van der Waals surface area (Å²) in [5.41, 5.74) is 9.07. The highest BCUT2D eigenvalue weighted by Gasteiger charge is 2.35. The molecule has 1 fully saturated rings. The number of nitrogens with zero attached hydrogens (tertiary/aromatic N) is 1. The van der Waals surface area contributed by atoms with Crippen molar-refractivity contribution in [2.75, 3.05) is 22.5 Å². The first-order valence-electron chi connectivity index (χ1n) is 8.63. The topological polar surface area (TPSA) is 75.4 Å². The smallest absolute Gasteiger partial charge is 0.229 e. The first-order valence-corrected chi connectivity index (χ1v) is 8.63. The zero-order valence-corrected chi connectivity index (χ0v) is 15.6. The van der Waals surface area contributed by atoms with Crippen molar-refractivity contribution in [1.29, 1.82) is 0 Å². The molecule has 3 rings (SSSR count). The summed E-state index contributed by atoms with van der Waals surface area (Å²) >= 11 is 0. The van der Waals surface area contributed by atoms with Crippen LogP contribution in [0, 0.1) is 5.92 Å². The number of hydrogen-bond acceptors (Lipinski definition) is 3. The van der Waals surface area contributed by atoms with Crippen LogP contribution in [-0.2, 0) is 16.0 Å². The van der Waals surface area contributed by atoms with E-state index in [0.717, 1.165) is 18.5 Å². The second-order valence-corrected chi connectivity index (χ2v) is 6.40. The van der Waals surface area contributed by atoms with Crippen LogP contribution >= 0.6 is 12.4 Å². The highest BCUT2D eigenvalue weighted by atomic mass is 35.5. The molecular formula is C20H24ClN3O2. The van der Waals surface area contributed by atoms with Gasteiger partial charge in [-0.1, -0.05) is 37.6 Å². The number of nitrogens with two attached hydrogens (primary N) is 1. The molecule has 0 bridgehead atoms. The van der Waals surface area contributed by atoms with Gasteiger partial charge < -0.3 is 16.0 Å². The van der Waals surface area contributed by atoms with E-state index in [2.05, 4.69) is 12.2 Å². The van der Waals surface area contributed by atoms with Gasteiger partial charge in [-0.15, -0.1) is 12.4 Å². The molecule has 0 aliphatic carbocycles.